The molecule has 0 saturated carbocycles. The van der Waals surface area contributed by atoms with Crippen molar-refractivity contribution in [2.45, 2.75) is 10.7 Å². The first-order chi connectivity index (χ1) is 5.65. The molecule has 0 amide bonds. The average Bonchev–Trinajstić information content (AvgIpc) is 2.03. The first-order valence-electron chi connectivity index (χ1n) is 3.27. The fourth-order valence-electron chi connectivity index (χ4n) is 0.903. The lowest BCUT2D eigenvalue weighted by Gasteiger charge is -2.07. The molecule has 1 aromatic rings. The van der Waals surface area contributed by atoms with Crippen molar-refractivity contribution in [3.05, 3.63) is 32.9 Å². The molecule has 12 heavy (non-hydrogen) atoms. The minimum absolute atomic E-state index is 0.447. The van der Waals surface area contributed by atoms with E-state index in [4.69, 9.17) is 34.8 Å². The van der Waals surface area contributed by atoms with Gasteiger partial charge in [-0.15, -0.1) is 34.8 Å². The van der Waals surface area contributed by atoms with Gasteiger partial charge in [-0.05, 0) is 45.9 Å². The van der Waals surface area contributed by atoms with Crippen molar-refractivity contribution in [3.63, 3.8) is 0 Å². The van der Waals surface area contributed by atoms with E-state index in [0.29, 0.717) is 5.88 Å². The highest BCUT2D eigenvalue weighted by Crippen LogP contribution is 2.29. The van der Waals surface area contributed by atoms with E-state index < -0.39 is 4.84 Å². The molecule has 0 aliphatic rings. The smallest absolute Gasteiger partial charge is 0.122 e. The Morgan fingerprint density at radius 3 is 2.50 bits per heavy atom. The van der Waals surface area contributed by atoms with Crippen molar-refractivity contribution in [1.29, 1.82) is 0 Å². The zero-order valence-corrected chi connectivity index (χ0v) is 10.5. The molecule has 0 saturated heterocycles. The van der Waals surface area contributed by atoms with Crippen LogP contribution < -0.4 is 0 Å². The third-order valence-electron chi connectivity index (χ3n) is 1.48. The van der Waals surface area contributed by atoms with E-state index >= 15 is 0 Å². The van der Waals surface area contributed by atoms with E-state index in [0.717, 1.165) is 14.7 Å². The van der Waals surface area contributed by atoms with Crippen molar-refractivity contribution in [3.8, 4) is 0 Å². The number of halogens is 4. The summed E-state index contributed by atoms with van der Waals surface area (Å²) in [5, 5.41) is 0. The zero-order valence-electron chi connectivity index (χ0n) is 6.03. The maximum atomic E-state index is 5.74. The van der Waals surface area contributed by atoms with Gasteiger partial charge in [0, 0.05) is 9.45 Å². The van der Waals surface area contributed by atoms with Crippen molar-refractivity contribution in [2.75, 3.05) is 0 Å². The van der Waals surface area contributed by atoms with Gasteiger partial charge in [-0.1, -0.05) is 6.07 Å². The third-order valence-corrected chi connectivity index (χ3v) is 2.91. The molecular weight excluding hydrogens is 329 g/mol. The van der Waals surface area contributed by atoms with E-state index in [1.54, 1.807) is 0 Å². The molecule has 4 heteroatoms. The van der Waals surface area contributed by atoms with E-state index in [1.807, 2.05) is 18.2 Å². The summed E-state index contributed by atoms with van der Waals surface area (Å²) in [5.41, 5.74) is 1.90. The number of benzene rings is 1. The fraction of sp³-hybridized carbons (Fsp3) is 0.250. The lowest BCUT2D eigenvalue weighted by Crippen LogP contribution is -1.91. The zero-order chi connectivity index (χ0) is 9.14. The molecule has 0 spiro atoms. The molecule has 0 unspecified atom stereocenters. The minimum Gasteiger partial charge on any atom is -0.122 e. The predicted molar refractivity (Wildman–Crippen MR) is 63.2 cm³/mol. The molecule has 0 N–H and O–H groups in total. The summed E-state index contributed by atoms with van der Waals surface area (Å²) in [5.74, 6) is 0.447. The molecule has 0 aromatic heterocycles. The molecule has 1 rings (SSSR count). The van der Waals surface area contributed by atoms with Gasteiger partial charge in [0.2, 0.25) is 0 Å². The van der Waals surface area contributed by atoms with Crippen LogP contribution in [0.5, 0.6) is 0 Å². The van der Waals surface area contributed by atoms with Crippen LogP contribution in [-0.2, 0) is 5.88 Å². The second kappa shape index (κ2) is 4.89. The highest BCUT2D eigenvalue weighted by molar-refractivity contribution is 14.1. The highest BCUT2D eigenvalue weighted by atomic mass is 127. The van der Waals surface area contributed by atoms with Crippen LogP contribution >= 0.6 is 57.4 Å². The van der Waals surface area contributed by atoms with E-state index in [9.17, 15) is 0 Å². The molecule has 0 atom stereocenters. The van der Waals surface area contributed by atoms with Gasteiger partial charge in [0.15, 0.2) is 0 Å². The normalized spacial score (nSPS) is 10.8. The fourth-order valence-corrected chi connectivity index (χ4v) is 2.12. The van der Waals surface area contributed by atoms with E-state index in [-0.39, 0.29) is 0 Å². The second-order valence-electron chi connectivity index (χ2n) is 2.28. The van der Waals surface area contributed by atoms with Crippen LogP contribution in [-0.4, -0.2) is 0 Å². The second-order valence-corrected chi connectivity index (χ2v) is 4.89. The Morgan fingerprint density at radius 1 is 1.33 bits per heavy atom. The van der Waals surface area contributed by atoms with Gasteiger partial charge < -0.3 is 0 Å². The first kappa shape index (κ1) is 10.9. The van der Waals surface area contributed by atoms with Gasteiger partial charge in [-0.2, -0.15) is 0 Å². The van der Waals surface area contributed by atoms with Crippen LogP contribution in [0.3, 0.4) is 0 Å². The molecule has 0 aliphatic heterocycles. The average molecular weight is 335 g/mol. The summed E-state index contributed by atoms with van der Waals surface area (Å²) in [7, 11) is 0. The van der Waals surface area contributed by atoms with Gasteiger partial charge in [0.05, 0.1) is 0 Å². The molecule has 66 valence electrons. The highest BCUT2D eigenvalue weighted by Gasteiger charge is 2.08. The van der Waals surface area contributed by atoms with E-state index in [1.165, 1.54) is 0 Å². The number of hydrogen-bond donors (Lipinski definition) is 0. The summed E-state index contributed by atoms with van der Waals surface area (Å²) < 4.78 is 1.14. The third kappa shape index (κ3) is 2.66. The Labute approximate surface area is 100 Å². The van der Waals surface area contributed by atoms with Crippen LogP contribution in [0.4, 0.5) is 0 Å². The first-order valence-corrected chi connectivity index (χ1v) is 5.76. The minimum atomic E-state index is -0.490. The summed E-state index contributed by atoms with van der Waals surface area (Å²) in [4.78, 5) is -0.490. The lowest BCUT2D eigenvalue weighted by atomic mass is 10.1. The summed E-state index contributed by atoms with van der Waals surface area (Å²) >= 11 is 19.4. The Balaban J connectivity index is 3.11. The van der Waals surface area contributed by atoms with Gasteiger partial charge in [-0.3, -0.25) is 0 Å². The molecule has 0 nitrogen and oxygen atoms in total. The van der Waals surface area contributed by atoms with Crippen molar-refractivity contribution < 1.29 is 0 Å². The Bertz CT molecular complexity index is 273. The SMILES string of the molecule is ClCc1cc(I)ccc1C(Cl)Cl. The molecule has 1 aromatic carbocycles. The van der Waals surface area contributed by atoms with E-state index in [2.05, 4.69) is 22.6 Å². The van der Waals surface area contributed by atoms with Crippen LogP contribution in [0.25, 0.3) is 0 Å². The Morgan fingerprint density at radius 2 is 2.00 bits per heavy atom. The Kier molecular flexibility index (Phi) is 4.44. The van der Waals surface area contributed by atoms with Crippen LogP contribution in [0.1, 0.15) is 16.0 Å². The van der Waals surface area contributed by atoms with Crippen LogP contribution in [0, 0.1) is 3.57 Å². The summed E-state index contributed by atoms with van der Waals surface area (Å²) in [6.45, 7) is 0. The maximum Gasteiger partial charge on any atom is 0.133 e. The standard InChI is InChI=1S/C8H6Cl3I/c9-4-5-3-6(12)1-2-7(5)8(10)11/h1-3,8H,4H2. The maximum absolute atomic E-state index is 5.74. The quantitative estimate of drug-likeness (QED) is 0.551. The van der Waals surface area contributed by atoms with Crippen molar-refractivity contribution in [2.24, 2.45) is 0 Å². The monoisotopic (exact) mass is 334 g/mol. The molecule has 0 bridgehead atoms. The molecule has 0 aliphatic carbocycles. The lowest BCUT2D eigenvalue weighted by molar-refractivity contribution is 1.23. The largest absolute Gasteiger partial charge is 0.133 e. The molecular formula is C8H6Cl3I. The molecule has 0 radical (unpaired) electrons. The van der Waals surface area contributed by atoms with Gasteiger partial charge >= 0.3 is 0 Å². The predicted octanol–water partition coefficient (Wildman–Crippen LogP) is 4.51. The summed E-state index contributed by atoms with van der Waals surface area (Å²) in [6, 6.07) is 5.86. The Hall–Kier alpha value is 0.820. The van der Waals surface area contributed by atoms with Crippen LogP contribution in [0.2, 0.25) is 0 Å². The van der Waals surface area contributed by atoms with Gasteiger partial charge in [0.1, 0.15) is 4.84 Å². The number of hydrogen-bond acceptors (Lipinski definition) is 0. The molecule has 0 heterocycles. The van der Waals surface area contributed by atoms with Crippen molar-refractivity contribution >= 4 is 57.4 Å². The topological polar surface area (TPSA) is 0 Å². The van der Waals surface area contributed by atoms with Gasteiger partial charge in [0.25, 0.3) is 0 Å². The van der Waals surface area contributed by atoms with Crippen LogP contribution in [0.15, 0.2) is 18.2 Å². The summed E-state index contributed by atoms with van der Waals surface area (Å²) in [6.07, 6.45) is 0. The number of rotatable bonds is 2. The van der Waals surface area contributed by atoms with Gasteiger partial charge in [-0.25, -0.2) is 0 Å². The van der Waals surface area contributed by atoms with Crippen molar-refractivity contribution in [1.82, 2.24) is 0 Å². The number of alkyl halides is 3. The molecule has 0 fully saturated rings.